The van der Waals surface area contributed by atoms with Crippen LogP contribution in [0.15, 0.2) is 47.4 Å². The smallest absolute Gasteiger partial charge is 0.261 e. The van der Waals surface area contributed by atoms with Crippen LogP contribution >= 0.6 is 11.6 Å². The number of carbonyl (C=O) groups is 1. The van der Waals surface area contributed by atoms with Crippen molar-refractivity contribution in [1.82, 2.24) is 0 Å². The van der Waals surface area contributed by atoms with Crippen molar-refractivity contribution < 1.29 is 13.2 Å². The van der Waals surface area contributed by atoms with Crippen LogP contribution in [0.25, 0.3) is 0 Å². The second kappa shape index (κ2) is 6.11. The van der Waals surface area contributed by atoms with Gasteiger partial charge in [0.2, 0.25) is 5.91 Å². The van der Waals surface area contributed by atoms with Gasteiger partial charge in [-0.1, -0.05) is 18.5 Å². The number of rotatable bonds is 3. The molecule has 0 bridgehead atoms. The lowest BCUT2D eigenvalue weighted by atomic mass is 9.91. The normalized spacial score (nSPS) is 17.5. The van der Waals surface area contributed by atoms with E-state index in [-0.39, 0.29) is 16.7 Å². The first kappa shape index (κ1) is 16.8. The van der Waals surface area contributed by atoms with Crippen LogP contribution in [0.2, 0.25) is 5.02 Å². The first-order valence-corrected chi connectivity index (χ1v) is 9.33. The van der Waals surface area contributed by atoms with Crippen LogP contribution < -0.4 is 9.62 Å². The van der Waals surface area contributed by atoms with Crippen LogP contribution in [0.1, 0.15) is 24.8 Å². The highest BCUT2D eigenvalue weighted by molar-refractivity contribution is 7.92. The van der Waals surface area contributed by atoms with E-state index in [1.165, 1.54) is 24.3 Å². The minimum atomic E-state index is -3.69. The third-order valence-electron chi connectivity index (χ3n) is 4.15. The molecule has 5 nitrogen and oxygen atoms in total. The van der Waals surface area contributed by atoms with Crippen molar-refractivity contribution in [1.29, 1.82) is 0 Å². The molecule has 2 aromatic rings. The van der Waals surface area contributed by atoms with Crippen molar-refractivity contribution in [3.63, 3.8) is 0 Å². The molecule has 1 N–H and O–H groups in total. The van der Waals surface area contributed by atoms with E-state index in [0.29, 0.717) is 17.1 Å². The number of anilines is 2. The highest BCUT2D eigenvalue weighted by atomic mass is 35.5. The fourth-order valence-electron chi connectivity index (χ4n) is 2.79. The van der Waals surface area contributed by atoms with Gasteiger partial charge in [0, 0.05) is 29.9 Å². The maximum Gasteiger partial charge on any atom is 0.261 e. The Morgan fingerprint density at radius 2 is 1.83 bits per heavy atom. The molecule has 7 heteroatoms. The van der Waals surface area contributed by atoms with E-state index in [1.807, 2.05) is 6.92 Å². The average Bonchev–Trinajstić information content (AvgIpc) is 2.53. The predicted molar refractivity (Wildman–Crippen MR) is 95.1 cm³/mol. The van der Waals surface area contributed by atoms with Crippen molar-refractivity contribution in [2.75, 3.05) is 16.7 Å². The number of carbonyl (C=O) groups excluding carboxylic acids is 1. The zero-order chi connectivity index (χ0) is 17.5. The van der Waals surface area contributed by atoms with E-state index >= 15 is 0 Å². The fourth-order valence-corrected chi connectivity index (χ4v) is 3.96. The summed E-state index contributed by atoms with van der Waals surface area (Å²) in [5.41, 5.74) is 2.24. The summed E-state index contributed by atoms with van der Waals surface area (Å²) in [6, 6.07) is 11.2. The van der Waals surface area contributed by atoms with Gasteiger partial charge in [-0.05, 0) is 53.9 Å². The Balaban J connectivity index is 1.93. The Labute approximate surface area is 146 Å². The SMILES string of the molecule is CC1CC(=O)N(C)c2ccc(NS(=O)(=O)c3ccc(Cl)cc3)cc21. The van der Waals surface area contributed by atoms with E-state index in [9.17, 15) is 13.2 Å². The van der Waals surface area contributed by atoms with Gasteiger partial charge >= 0.3 is 0 Å². The summed E-state index contributed by atoms with van der Waals surface area (Å²) >= 11 is 5.80. The Morgan fingerprint density at radius 1 is 1.17 bits per heavy atom. The van der Waals surface area contributed by atoms with Crippen LogP contribution in [0.4, 0.5) is 11.4 Å². The van der Waals surface area contributed by atoms with E-state index in [4.69, 9.17) is 11.6 Å². The first-order chi connectivity index (χ1) is 11.3. The number of hydrogen-bond donors (Lipinski definition) is 1. The number of fused-ring (bicyclic) bond motifs is 1. The van der Waals surface area contributed by atoms with Crippen LogP contribution in [-0.4, -0.2) is 21.4 Å². The molecule has 3 rings (SSSR count). The molecular weight excluding hydrogens is 348 g/mol. The molecule has 0 spiro atoms. The average molecular weight is 365 g/mol. The second-order valence-electron chi connectivity index (χ2n) is 5.89. The monoisotopic (exact) mass is 364 g/mol. The van der Waals surface area contributed by atoms with Gasteiger partial charge in [0.25, 0.3) is 10.0 Å². The predicted octanol–water partition coefficient (Wildman–Crippen LogP) is 3.61. The number of halogens is 1. The molecule has 2 aromatic carbocycles. The molecule has 1 aliphatic heterocycles. The maximum absolute atomic E-state index is 12.5. The minimum absolute atomic E-state index is 0.0451. The van der Waals surface area contributed by atoms with Crippen LogP contribution in [0.5, 0.6) is 0 Å². The Kier molecular flexibility index (Phi) is 4.27. The molecule has 126 valence electrons. The molecule has 0 saturated heterocycles. The zero-order valence-corrected chi connectivity index (χ0v) is 14.9. The third kappa shape index (κ3) is 3.12. The second-order valence-corrected chi connectivity index (χ2v) is 8.01. The fraction of sp³-hybridized carbons (Fsp3) is 0.235. The summed E-state index contributed by atoms with van der Waals surface area (Å²) < 4.78 is 27.5. The lowest BCUT2D eigenvalue weighted by molar-refractivity contribution is -0.119. The molecule has 0 fully saturated rings. The van der Waals surface area contributed by atoms with Gasteiger partial charge in [-0.2, -0.15) is 0 Å². The summed E-state index contributed by atoms with van der Waals surface area (Å²) in [5, 5.41) is 0.476. The highest BCUT2D eigenvalue weighted by Gasteiger charge is 2.27. The van der Waals surface area contributed by atoms with Crippen molar-refractivity contribution in [3.8, 4) is 0 Å². The van der Waals surface area contributed by atoms with Crippen LogP contribution in [0.3, 0.4) is 0 Å². The minimum Gasteiger partial charge on any atom is -0.315 e. The Bertz CT molecular complexity index is 895. The lowest BCUT2D eigenvalue weighted by Gasteiger charge is -2.30. The van der Waals surface area contributed by atoms with E-state index in [1.54, 1.807) is 30.1 Å². The van der Waals surface area contributed by atoms with Gasteiger partial charge < -0.3 is 4.90 Å². The first-order valence-electron chi connectivity index (χ1n) is 7.47. The summed E-state index contributed by atoms with van der Waals surface area (Å²) in [6.45, 7) is 1.96. The number of nitrogens with zero attached hydrogens (tertiary/aromatic N) is 1. The molecule has 1 atom stereocenters. The van der Waals surface area contributed by atoms with Crippen LogP contribution in [-0.2, 0) is 14.8 Å². The molecule has 1 amide bonds. The quantitative estimate of drug-likeness (QED) is 0.904. The molecule has 24 heavy (non-hydrogen) atoms. The molecule has 0 radical (unpaired) electrons. The molecular formula is C17H17ClN2O3S. The summed E-state index contributed by atoms with van der Waals surface area (Å²) in [6.07, 6.45) is 0.414. The Hall–Kier alpha value is -2.05. The van der Waals surface area contributed by atoms with Crippen molar-refractivity contribution in [2.45, 2.75) is 24.2 Å². The van der Waals surface area contributed by atoms with Gasteiger partial charge in [0.1, 0.15) is 0 Å². The number of benzene rings is 2. The Morgan fingerprint density at radius 3 is 2.50 bits per heavy atom. The molecule has 0 aliphatic carbocycles. The molecule has 1 heterocycles. The number of sulfonamides is 1. The van der Waals surface area contributed by atoms with Gasteiger partial charge in [0.05, 0.1) is 4.90 Å². The van der Waals surface area contributed by atoms with E-state index in [2.05, 4.69) is 4.72 Å². The zero-order valence-electron chi connectivity index (χ0n) is 13.3. The van der Waals surface area contributed by atoms with E-state index in [0.717, 1.165) is 11.3 Å². The number of hydrogen-bond acceptors (Lipinski definition) is 3. The standard InChI is InChI=1S/C17H17ClN2O3S/c1-11-9-17(21)20(2)16-8-5-13(10-15(11)16)19-24(22,23)14-6-3-12(18)4-7-14/h3-8,10-11,19H,9H2,1-2H3. The molecule has 1 unspecified atom stereocenters. The molecule has 0 saturated carbocycles. The van der Waals surface area contributed by atoms with Gasteiger partial charge in [0.15, 0.2) is 0 Å². The molecule has 1 aliphatic rings. The molecule has 0 aromatic heterocycles. The largest absolute Gasteiger partial charge is 0.315 e. The van der Waals surface area contributed by atoms with Crippen molar-refractivity contribution >= 4 is 38.9 Å². The number of nitrogens with one attached hydrogen (secondary N) is 1. The van der Waals surface area contributed by atoms with Gasteiger partial charge in [-0.25, -0.2) is 8.42 Å². The highest BCUT2D eigenvalue weighted by Crippen LogP contribution is 2.37. The van der Waals surface area contributed by atoms with Crippen molar-refractivity contribution in [2.24, 2.45) is 0 Å². The van der Waals surface area contributed by atoms with Gasteiger partial charge in [-0.15, -0.1) is 0 Å². The third-order valence-corrected chi connectivity index (χ3v) is 5.80. The topological polar surface area (TPSA) is 66.5 Å². The summed E-state index contributed by atoms with van der Waals surface area (Å²) in [7, 11) is -1.96. The van der Waals surface area contributed by atoms with Crippen molar-refractivity contribution in [3.05, 3.63) is 53.1 Å². The summed E-state index contributed by atoms with van der Waals surface area (Å²) in [5.74, 6) is 0.105. The van der Waals surface area contributed by atoms with Gasteiger partial charge in [-0.3, -0.25) is 9.52 Å². The van der Waals surface area contributed by atoms with Crippen LogP contribution in [0, 0.1) is 0 Å². The lowest BCUT2D eigenvalue weighted by Crippen LogP contribution is -2.32. The summed E-state index contributed by atoms with van der Waals surface area (Å²) in [4.78, 5) is 13.6. The number of amides is 1. The van der Waals surface area contributed by atoms with E-state index < -0.39 is 10.0 Å². The maximum atomic E-state index is 12.5.